The number of amides is 1. The zero-order chi connectivity index (χ0) is 14.9. The van der Waals surface area contributed by atoms with Crippen molar-refractivity contribution in [2.45, 2.75) is 57.4 Å². The molecule has 118 valence electrons. The molecule has 5 nitrogen and oxygen atoms in total. The molecule has 0 radical (unpaired) electrons. The summed E-state index contributed by atoms with van der Waals surface area (Å²) in [6.07, 6.45) is 6.73. The minimum absolute atomic E-state index is 0.0574. The van der Waals surface area contributed by atoms with Crippen molar-refractivity contribution >= 4 is 11.9 Å². The van der Waals surface area contributed by atoms with Crippen LogP contribution in [0.25, 0.3) is 0 Å². The molecular formula is C16H26N2O3. The van der Waals surface area contributed by atoms with E-state index in [9.17, 15) is 14.7 Å². The molecule has 2 N–H and O–H groups in total. The van der Waals surface area contributed by atoms with E-state index < -0.39 is 11.4 Å². The second kappa shape index (κ2) is 5.95. The second-order valence-corrected chi connectivity index (χ2v) is 7.13. The molecule has 4 fully saturated rings. The van der Waals surface area contributed by atoms with Gasteiger partial charge in [0.15, 0.2) is 0 Å². The smallest absolute Gasteiger partial charge is 0.310 e. The van der Waals surface area contributed by atoms with Gasteiger partial charge in [0.25, 0.3) is 0 Å². The molecule has 1 unspecified atom stereocenters. The lowest BCUT2D eigenvalue weighted by Crippen LogP contribution is -2.57. The van der Waals surface area contributed by atoms with Crippen molar-refractivity contribution in [2.75, 3.05) is 19.6 Å². The van der Waals surface area contributed by atoms with E-state index in [1.54, 1.807) is 0 Å². The Hall–Kier alpha value is -1.10. The van der Waals surface area contributed by atoms with E-state index in [1.807, 2.05) is 0 Å². The van der Waals surface area contributed by atoms with Crippen LogP contribution in [0.15, 0.2) is 0 Å². The number of hydrogen-bond acceptors (Lipinski definition) is 3. The Balaban J connectivity index is 1.59. The molecule has 4 aliphatic rings. The van der Waals surface area contributed by atoms with E-state index in [0.29, 0.717) is 18.8 Å². The fraction of sp³-hybridized carbons (Fsp3) is 0.875. The van der Waals surface area contributed by atoms with Crippen LogP contribution < -0.4 is 5.32 Å². The number of carbonyl (C=O) groups excluding carboxylic acids is 1. The highest BCUT2D eigenvalue weighted by Crippen LogP contribution is 2.39. The van der Waals surface area contributed by atoms with Crippen LogP contribution in [-0.4, -0.2) is 47.6 Å². The predicted octanol–water partition coefficient (Wildman–Crippen LogP) is 1.62. The van der Waals surface area contributed by atoms with Gasteiger partial charge in [-0.3, -0.25) is 9.59 Å². The van der Waals surface area contributed by atoms with Crippen molar-refractivity contribution in [3.8, 4) is 0 Å². The van der Waals surface area contributed by atoms with E-state index >= 15 is 0 Å². The fourth-order valence-corrected chi connectivity index (χ4v) is 4.39. The van der Waals surface area contributed by atoms with Crippen molar-refractivity contribution in [3.05, 3.63) is 0 Å². The third kappa shape index (κ3) is 3.07. The Morgan fingerprint density at radius 2 is 1.81 bits per heavy atom. The van der Waals surface area contributed by atoms with Crippen molar-refractivity contribution in [1.29, 1.82) is 0 Å². The number of nitrogens with one attached hydrogen (secondary N) is 1. The summed E-state index contributed by atoms with van der Waals surface area (Å²) in [5.74, 6) is -0.254. The number of carboxylic acids is 1. The van der Waals surface area contributed by atoms with Crippen LogP contribution in [0.2, 0.25) is 0 Å². The zero-order valence-corrected chi connectivity index (χ0v) is 12.6. The summed E-state index contributed by atoms with van der Waals surface area (Å²) in [6, 6.07) is 0.231. The first-order valence-electron chi connectivity index (χ1n) is 8.34. The highest BCUT2D eigenvalue weighted by atomic mass is 16.4. The fourth-order valence-electron chi connectivity index (χ4n) is 4.39. The minimum atomic E-state index is -0.809. The molecule has 0 aromatic rings. The average Bonchev–Trinajstić information content (AvgIpc) is 2.49. The summed E-state index contributed by atoms with van der Waals surface area (Å²) in [4.78, 5) is 26.4. The molecule has 1 amide bonds. The summed E-state index contributed by atoms with van der Waals surface area (Å²) >= 11 is 0. The highest BCUT2D eigenvalue weighted by Gasteiger charge is 2.42. The largest absolute Gasteiger partial charge is 0.481 e. The summed E-state index contributed by atoms with van der Waals surface area (Å²) in [7, 11) is 0. The van der Waals surface area contributed by atoms with E-state index in [2.05, 4.69) is 10.2 Å². The molecule has 1 saturated carbocycles. The Kier molecular flexibility index (Phi) is 4.20. The minimum Gasteiger partial charge on any atom is -0.481 e. The molecule has 1 aliphatic carbocycles. The molecule has 21 heavy (non-hydrogen) atoms. The Bertz CT molecular complexity index is 410. The van der Waals surface area contributed by atoms with Crippen LogP contribution >= 0.6 is 0 Å². The number of piperidine rings is 3. The Morgan fingerprint density at radius 1 is 1.14 bits per heavy atom. The van der Waals surface area contributed by atoms with Crippen LogP contribution in [0, 0.1) is 11.3 Å². The van der Waals surface area contributed by atoms with Crippen molar-refractivity contribution in [1.82, 2.24) is 10.2 Å². The van der Waals surface area contributed by atoms with Gasteiger partial charge in [0.05, 0.1) is 5.41 Å². The molecule has 3 saturated heterocycles. The van der Waals surface area contributed by atoms with Gasteiger partial charge in [-0.05, 0) is 44.7 Å². The van der Waals surface area contributed by atoms with E-state index in [1.165, 1.54) is 0 Å². The molecular weight excluding hydrogens is 268 g/mol. The van der Waals surface area contributed by atoms with Crippen molar-refractivity contribution in [3.63, 3.8) is 0 Å². The van der Waals surface area contributed by atoms with Gasteiger partial charge in [0, 0.05) is 19.0 Å². The van der Waals surface area contributed by atoms with Gasteiger partial charge in [-0.1, -0.05) is 19.3 Å². The lowest BCUT2D eigenvalue weighted by molar-refractivity contribution is -0.154. The number of carbonyl (C=O) groups is 2. The van der Waals surface area contributed by atoms with Crippen molar-refractivity contribution < 1.29 is 14.7 Å². The topological polar surface area (TPSA) is 69.6 Å². The maximum absolute atomic E-state index is 12.4. The molecule has 0 spiro atoms. The van der Waals surface area contributed by atoms with Crippen LogP contribution in [0.1, 0.15) is 51.4 Å². The van der Waals surface area contributed by atoms with Gasteiger partial charge in [-0.15, -0.1) is 0 Å². The standard InChI is InChI=1S/C16H26N2O3/c19-14(10-16(15(20)21)6-2-1-3-7-16)17-13-11-18-8-4-12(13)5-9-18/h12-13H,1-11H2,(H,17,19)(H,20,21). The molecule has 1 atom stereocenters. The molecule has 0 aromatic carbocycles. The first-order valence-corrected chi connectivity index (χ1v) is 8.34. The number of rotatable bonds is 4. The van der Waals surface area contributed by atoms with Crippen molar-refractivity contribution in [2.24, 2.45) is 11.3 Å². The molecule has 4 rings (SSSR count). The number of nitrogens with zero attached hydrogens (tertiary/aromatic N) is 1. The molecule has 5 heteroatoms. The molecule has 0 aromatic heterocycles. The van der Waals surface area contributed by atoms with Gasteiger partial charge in [0.1, 0.15) is 0 Å². The maximum Gasteiger partial charge on any atom is 0.310 e. The Labute approximate surface area is 126 Å². The zero-order valence-electron chi connectivity index (χ0n) is 12.6. The molecule has 3 aliphatic heterocycles. The maximum atomic E-state index is 12.4. The van der Waals surface area contributed by atoms with Crippen LogP contribution in [0.4, 0.5) is 0 Å². The third-order valence-electron chi connectivity index (χ3n) is 5.77. The number of fused-ring (bicyclic) bond motifs is 3. The normalized spacial score (nSPS) is 34.4. The molecule has 2 bridgehead atoms. The summed E-state index contributed by atoms with van der Waals surface area (Å²) in [6.45, 7) is 3.24. The summed E-state index contributed by atoms with van der Waals surface area (Å²) in [5, 5.41) is 12.7. The van der Waals surface area contributed by atoms with Gasteiger partial charge in [0.2, 0.25) is 5.91 Å². The van der Waals surface area contributed by atoms with Gasteiger partial charge in [-0.25, -0.2) is 0 Å². The predicted molar refractivity (Wildman–Crippen MR) is 78.9 cm³/mol. The quantitative estimate of drug-likeness (QED) is 0.826. The van der Waals surface area contributed by atoms with Gasteiger partial charge < -0.3 is 15.3 Å². The monoisotopic (exact) mass is 294 g/mol. The van der Waals surface area contributed by atoms with E-state index in [4.69, 9.17) is 0 Å². The number of carboxylic acid groups (broad SMARTS) is 1. The first-order chi connectivity index (χ1) is 10.1. The van der Waals surface area contributed by atoms with Crippen LogP contribution in [0.5, 0.6) is 0 Å². The van der Waals surface area contributed by atoms with Crippen LogP contribution in [0.3, 0.4) is 0 Å². The lowest BCUT2D eigenvalue weighted by Gasteiger charge is -2.45. The number of hydrogen-bond donors (Lipinski definition) is 2. The summed E-state index contributed by atoms with van der Waals surface area (Å²) < 4.78 is 0. The molecule has 3 heterocycles. The average molecular weight is 294 g/mol. The first kappa shape index (κ1) is 14.8. The van der Waals surface area contributed by atoms with Gasteiger partial charge in [-0.2, -0.15) is 0 Å². The number of aliphatic carboxylic acids is 1. The second-order valence-electron chi connectivity index (χ2n) is 7.13. The van der Waals surface area contributed by atoms with E-state index in [-0.39, 0.29) is 18.4 Å². The van der Waals surface area contributed by atoms with E-state index in [0.717, 1.165) is 51.7 Å². The summed E-state index contributed by atoms with van der Waals surface area (Å²) in [5.41, 5.74) is -0.809. The Morgan fingerprint density at radius 3 is 2.33 bits per heavy atom. The lowest BCUT2D eigenvalue weighted by atomic mass is 9.71. The highest BCUT2D eigenvalue weighted by molar-refractivity contribution is 5.85. The van der Waals surface area contributed by atoms with Crippen LogP contribution in [-0.2, 0) is 9.59 Å². The third-order valence-corrected chi connectivity index (χ3v) is 5.77. The van der Waals surface area contributed by atoms with Gasteiger partial charge >= 0.3 is 5.97 Å². The SMILES string of the molecule is O=C(CC1(C(=O)O)CCCCC1)NC1CN2CCC1CC2.